The van der Waals surface area contributed by atoms with Gasteiger partial charge >= 0.3 is 5.97 Å². The van der Waals surface area contributed by atoms with Gasteiger partial charge in [0.25, 0.3) is 5.91 Å². The van der Waals surface area contributed by atoms with Crippen molar-refractivity contribution < 1.29 is 29.6 Å². The van der Waals surface area contributed by atoms with Gasteiger partial charge in [-0.1, -0.05) is 0 Å². The maximum Gasteiger partial charge on any atom is 0.336 e. The lowest BCUT2D eigenvalue weighted by Gasteiger charge is -2.34. The molecule has 14 nitrogen and oxygen atoms in total. The number of pyridine rings is 2. The Kier molecular flexibility index (Phi) is 7.71. The summed E-state index contributed by atoms with van der Waals surface area (Å²) in [5.74, 6) is -0.746. The predicted octanol–water partition coefficient (Wildman–Crippen LogP) is 3.56. The van der Waals surface area contributed by atoms with E-state index >= 15 is 0 Å². The van der Waals surface area contributed by atoms with Gasteiger partial charge in [0.1, 0.15) is 11.5 Å². The van der Waals surface area contributed by atoms with E-state index in [4.69, 9.17) is 4.74 Å². The molecular weight excluding hydrogens is 604 g/mol. The number of likely N-dealkylation sites (tertiary alicyclic amines) is 1. The van der Waals surface area contributed by atoms with Crippen LogP contribution in [0.3, 0.4) is 0 Å². The van der Waals surface area contributed by atoms with E-state index in [9.17, 15) is 24.9 Å². The van der Waals surface area contributed by atoms with Crippen LogP contribution in [0.1, 0.15) is 27.1 Å². The fourth-order valence-corrected chi connectivity index (χ4v) is 5.93. The number of carboxylic acids is 1. The van der Waals surface area contributed by atoms with Crippen LogP contribution in [-0.4, -0.2) is 101 Å². The maximum atomic E-state index is 13.4. The number of hydrogen-bond acceptors (Lipinski definition) is 10. The summed E-state index contributed by atoms with van der Waals surface area (Å²) in [6.45, 7) is 3.54. The molecule has 1 spiro atoms. The molecule has 0 bridgehead atoms. The van der Waals surface area contributed by atoms with Crippen LogP contribution in [-0.2, 0) is 4.74 Å². The lowest BCUT2D eigenvalue weighted by molar-refractivity contribution is -0.0559. The summed E-state index contributed by atoms with van der Waals surface area (Å²) in [5.41, 5.74) is 4.12. The number of phenolic OH excluding ortho intramolecular Hbond substituents is 2. The Morgan fingerprint density at radius 3 is 1.89 bits per heavy atom. The number of phenols is 2. The largest absolute Gasteiger partial charge is 0.508 e. The van der Waals surface area contributed by atoms with Crippen molar-refractivity contribution in [1.82, 2.24) is 40.6 Å². The number of nitrogens with zero attached hydrogens (tertiary/aromatic N) is 5. The third-order valence-corrected chi connectivity index (χ3v) is 8.37. The minimum atomic E-state index is -1.03. The molecule has 0 saturated carbocycles. The van der Waals surface area contributed by atoms with Crippen LogP contribution in [0.4, 0.5) is 0 Å². The molecule has 2 aliphatic rings. The number of aromatic carboxylic acids is 1. The molecule has 238 valence electrons. The van der Waals surface area contributed by atoms with E-state index < -0.39 is 5.97 Å². The molecule has 2 aliphatic heterocycles. The number of hydrogen-bond donors (Lipinski definition) is 6. The zero-order valence-corrected chi connectivity index (χ0v) is 25.0. The van der Waals surface area contributed by atoms with Gasteiger partial charge < -0.3 is 30.3 Å². The topological polar surface area (TPSA) is 202 Å². The molecule has 1 amide bonds. The fraction of sp³-hybridized carbons (Fsp3) is 0.212. The molecule has 4 aromatic heterocycles. The zero-order valence-electron chi connectivity index (χ0n) is 25.0. The van der Waals surface area contributed by atoms with E-state index in [-0.39, 0.29) is 28.6 Å². The second-order valence-corrected chi connectivity index (χ2v) is 11.5. The molecule has 47 heavy (non-hydrogen) atoms. The van der Waals surface area contributed by atoms with Crippen molar-refractivity contribution in [2.24, 2.45) is 0 Å². The summed E-state index contributed by atoms with van der Waals surface area (Å²) in [6, 6.07) is 16.5. The van der Waals surface area contributed by atoms with Gasteiger partial charge in [-0.05, 0) is 67.1 Å². The Bertz CT molecular complexity index is 2080. The van der Waals surface area contributed by atoms with Crippen molar-refractivity contribution in [1.29, 1.82) is 0 Å². The maximum absolute atomic E-state index is 13.4. The number of amides is 1. The highest BCUT2D eigenvalue weighted by Gasteiger charge is 2.42. The monoisotopic (exact) mass is 634 g/mol. The van der Waals surface area contributed by atoms with Crippen molar-refractivity contribution in [2.75, 3.05) is 32.8 Å². The van der Waals surface area contributed by atoms with Crippen molar-refractivity contribution in [2.45, 2.75) is 12.0 Å². The minimum absolute atomic E-state index is 0.0418. The van der Waals surface area contributed by atoms with Gasteiger partial charge in [-0.3, -0.25) is 15.0 Å². The van der Waals surface area contributed by atoms with E-state index in [1.807, 2.05) is 4.90 Å². The normalized spacial score (nSPS) is 17.6. The van der Waals surface area contributed by atoms with Crippen molar-refractivity contribution in [3.63, 3.8) is 0 Å². The highest BCUT2D eigenvalue weighted by Crippen LogP contribution is 2.31. The van der Waals surface area contributed by atoms with Crippen molar-refractivity contribution in [3.8, 4) is 34.0 Å². The van der Waals surface area contributed by atoms with Gasteiger partial charge in [0.2, 0.25) is 0 Å². The van der Waals surface area contributed by atoms with Gasteiger partial charge in [-0.2, -0.15) is 10.2 Å². The van der Waals surface area contributed by atoms with E-state index in [1.54, 1.807) is 48.7 Å². The average Bonchev–Trinajstić information content (AvgIpc) is 3.85. The Labute approximate surface area is 267 Å². The van der Waals surface area contributed by atoms with Gasteiger partial charge in [-0.15, -0.1) is 0 Å². The Balaban J connectivity index is 0.000000161. The summed E-state index contributed by atoms with van der Waals surface area (Å²) < 4.78 is 6.01. The van der Waals surface area contributed by atoms with Gasteiger partial charge in [-0.25, -0.2) is 14.8 Å². The second kappa shape index (κ2) is 12.2. The molecule has 1 atom stereocenters. The van der Waals surface area contributed by atoms with Crippen LogP contribution in [0, 0.1) is 0 Å². The number of aromatic nitrogens is 6. The number of morpholine rings is 1. The minimum Gasteiger partial charge on any atom is -0.508 e. The molecule has 6 N–H and O–H groups in total. The SMILES string of the molecule is O=C(O)c1cc(-c2ccc(O)cc2)nc2[nH]ncc12.O=C(c1cc(-c2ccc(O)cc2)nc2[nH]ncc12)N1CCC2(CNCCO2)C1. The van der Waals surface area contributed by atoms with E-state index in [0.717, 1.165) is 30.6 Å². The van der Waals surface area contributed by atoms with Crippen LogP contribution in [0.25, 0.3) is 44.6 Å². The lowest BCUT2D eigenvalue weighted by Crippen LogP contribution is -2.51. The number of carboxylic acid groups (broad SMARTS) is 1. The number of aromatic hydroxyl groups is 2. The molecule has 8 rings (SSSR count). The van der Waals surface area contributed by atoms with Crippen LogP contribution in [0.2, 0.25) is 0 Å². The molecule has 0 radical (unpaired) electrons. The first-order valence-corrected chi connectivity index (χ1v) is 14.9. The van der Waals surface area contributed by atoms with Gasteiger partial charge in [0, 0.05) is 30.8 Å². The molecule has 14 heteroatoms. The van der Waals surface area contributed by atoms with Crippen LogP contribution < -0.4 is 5.32 Å². The smallest absolute Gasteiger partial charge is 0.336 e. The second-order valence-electron chi connectivity index (χ2n) is 11.5. The van der Waals surface area contributed by atoms with Crippen LogP contribution in [0.5, 0.6) is 11.5 Å². The quantitative estimate of drug-likeness (QED) is 0.165. The van der Waals surface area contributed by atoms with Crippen LogP contribution in [0.15, 0.2) is 73.1 Å². The van der Waals surface area contributed by atoms with Crippen molar-refractivity contribution >= 4 is 33.9 Å². The Morgan fingerprint density at radius 1 is 0.809 bits per heavy atom. The summed E-state index contributed by atoms with van der Waals surface area (Å²) in [4.78, 5) is 35.4. The fourth-order valence-electron chi connectivity index (χ4n) is 5.93. The molecule has 6 heterocycles. The number of fused-ring (bicyclic) bond motifs is 2. The molecule has 2 saturated heterocycles. The number of aromatic amines is 2. The predicted molar refractivity (Wildman–Crippen MR) is 171 cm³/mol. The number of ether oxygens (including phenoxy) is 1. The first kappa shape index (κ1) is 29.8. The highest BCUT2D eigenvalue weighted by atomic mass is 16.5. The molecule has 6 aromatic rings. The highest BCUT2D eigenvalue weighted by molar-refractivity contribution is 6.06. The number of nitrogens with one attached hydrogen (secondary N) is 3. The summed E-state index contributed by atoms with van der Waals surface area (Å²) in [7, 11) is 0. The van der Waals surface area contributed by atoms with Crippen LogP contribution >= 0.6 is 0 Å². The third-order valence-electron chi connectivity index (χ3n) is 8.37. The summed E-state index contributed by atoms with van der Waals surface area (Å²) in [6.07, 6.45) is 3.91. The third kappa shape index (κ3) is 5.94. The standard InChI is InChI=1S/C20H21N5O3.C13H9N3O3/c26-14-3-1-13(2-4-14)17-9-15(16-10-22-24-18(16)23-17)19(27)25-7-5-20(12-25)11-21-6-8-28-20;17-8-3-1-7(2-4-8)11-5-9(13(18)19)10-6-14-16-12(10)15-11/h1-4,9-10,21,26H,5-8,11-12H2,(H,22,23,24);1-6,17H,(H,18,19)(H,14,15,16). The number of carbonyl (C=O) groups is 2. The Morgan fingerprint density at radius 2 is 1.36 bits per heavy atom. The van der Waals surface area contributed by atoms with E-state index in [1.165, 1.54) is 24.4 Å². The lowest BCUT2D eigenvalue weighted by atomic mass is 10.0. The van der Waals surface area contributed by atoms with Gasteiger partial charge in [0.15, 0.2) is 11.3 Å². The molecule has 2 fully saturated rings. The van der Waals surface area contributed by atoms with Gasteiger partial charge in [0.05, 0.1) is 64.4 Å². The van der Waals surface area contributed by atoms with E-state index in [2.05, 4.69) is 35.7 Å². The average molecular weight is 635 g/mol. The first-order chi connectivity index (χ1) is 22.8. The number of carbonyl (C=O) groups excluding carboxylic acids is 1. The molecule has 2 aromatic carbocycles. The number of benzene rings is 2. The summed E-state index contributed by atoms with van der Waals surface area (Å²) in [5, 5.41) is 45.9. The molecule has 1 unspecified atom stereocenters. The summed E-state index contributed by atoms with van der Waals surface area (Å²) >= 11 is 0. The van der Waals surface area contributed by atoms with E-state index in [0.29, 0.717) is 58.7 Å². The number of H-pyrrole nitrogens is 2. The molecule has 0 aliphatic carbocycles. The molecular formula is C33H30N8O6. The zero-order chi connectivity index (χ0) is 32.5. The Hall–Kier alpha value is -5.86. The number of rotatable bonds is 4. The van der Waals surface area contributed by atoms with Crippen molar-refractivity contribution in [3.05, 3.63) is 84.2 Å². The first-order valence-electron chi connectivity index (χ1n) is 14.9.